The van der Waals surface area contributed by atoms with Crippen LogP contribution in [0, 0.1) is 5.82 Å². The van der Waals surface area contributed by atoms with Crippen LogP contribution in [0.5, 0.6) is 0 Å². The molecule has 0 spiro atoms. The maximum Gasteiger partial charge on any atom is 0.156 e. The van der Waals surface area contributed by atoms with E-state index in [1.165, 1.54) is 6.07 Å². The summed E-state index contributed by atoms with van der Waals surface area (Å²) in [7, 11) is 3.65. The molecule has 0 amide bonds. The topological polar surface area (TPSA) is 20.3 Å². The monoisotopic (exact) mass is 257 g/mol. The SMILES string of the molecule is CN(C)C(C)(C)C(=O)Cc1cccc(Cl)c1F. The van der Waals surface area contributed by atoms with E-state index in [-0.39, 0.29) is 17.2 Å². The first-order valence-electron chi connectivity index (χ1n) is 5.40. The Morgan fingerprint density at radius 1 is 1.41 bits per heavy atom. The van der Waals surface area contributed by atoms with Crippen LogP contribution in [0.15, 0.2) is 18.2 Å². The molecule has 0 unspecified atom stereocenters. The third-order valence-corrected chi connectivity index (χ3v) is 3.47. The minimum Gasteiger partial charge on any atom is -0.298 e. The van der Waals surface area contributed by atoms with Gasteiger partial charge in [0.15, 0.2) is 5.78 Å². The Morgan fingerprint density at radius 3 is 2.53 bits per heavy atom. The third kappa shape index (κ3) is 3.05. The van der Waals surface area contributed by atoms with Gasteiger partial charge in [-0.15, -0.1) is 0 Å². The normalized spacial score (nSPS) is 11.9. The molecular weight excluding hydrogens is 241 g/mol. The Hall–Kier alpha value is -0.930. The molecule has 1 rings (SSSR count). The average Bonchev–Trinajstić information content (AvgIpc) is 2.24. The number of likely N-dealkylation sites (N-methyl/N-ethyl adjacent to an activating group) is 1. The number of nitrogens with zero attached hydrogens (tertiary/aromatic N) is 1. The van der Waals surface area contributed by atoms with E-state index in [9.17, 15) is 9.18 Å². The molecule has 0 aliphatic heterocycles. The Balaban J connectivity index is 2.93. The molecule has 1 aromatic carbocycles. The molecule has 17 heavy (non-hydrogen) atoms. The second kappa shape index (κ2) is 5.15. The standard InChI is InChI=1S/C13H17ClFNO/c1-13(2,16(3)4)11(17)8-9-6-5-7-10(14)12(9)15/h5-7H,8H2,1-4H3. The predicted molar refractivity (Wildman–Crippen MR) is 67.9 cm³/mol. The lowest BCUT2D eigenvalue weighted by Crippen LogP contribution is -2.46. The van der Waals surface area contributed by atoms with Gasteiger partial charge in [-0.1, -0.05) is 23.7 Å². The van der Waals surface area contributed by atoms with Gasteiger partial charge in [0.2, 0.25) is 0 Å². The van der Waals surface area contributed by atoms with Crippen molar-refractivity contribution >= 4 is 17.4 Å². The molecule has 2 nitrogen and oxygen atoms in total. The Morgan fingerprint density at radius 2 is 2.00 bits per heavy atom. The summed E-state index contributed by atoms with van der Waals surface area (Å²) in [4.78, 5) is 13.9. The number of carbonyl (C=O) groups is 1. The van der Waals surface area contributed by atoms with Crippen molar-refractivity contribution < 1.29 is 9.18 Å². The van der Waals surface area contributed by atoms with Gasteiger partial charge in [-0.25, -0.2) is 4.39 Å². The van der Waals surface area contributed by atoms with Crippen molar-refractivity contribution in [3.63, 3.8) is 0 Å². The molecule has 0 aliphatic rings. The number of hydrogen-bond acceptors (Lipinski definition) is 2. The van der Waals surface area contributed by atoms with Gasteiger partial charge < -0.3 is 0 Å². The average molecular weight is 258 g/mol. The zero-order valence-electron chi connectivity index (χ0n) is 10.6. The van der Waals surface area contributed by atoms with E-state index in [4.69, 9.17) is 11.6 Å². The molecule has 0 heterocycles. The molecule has 0 bridgehead atoms. The number of benzene rings is 1. The zero-order valence-corrected chi connectivity index (χ0v) is 11.3. The number of carbonyl (C=O) groups excluding carboxylic acids is 1. The highest BCUT2D eigenvalue weighted by molar-refractivity contribution is 6.30. The van der Waals surface area contributed by atoms with Crippen molar-refractivity contribution in [2.75, 3.05) is 14.1 Å². The van der Waals surface area contributed by atoms with Crippen molar-refractivity contribution in [3.05, 3.63) is 34.6 Å². The number of halogens is 2. The maximum atomic E-state index is 13.7. The molecule has 0 saturated carbocycles. The molecule has 0 aromatic heterocycles. The van der Waals surface area contributed by atoms with Gasteiger partial charge in [-0.3, -0.25) is 9.69 Å². The number of ketones is 1. The highest BCUT2D eigenvalue weighted by atomic mass is 35.5. The summed E-state index contributed by atoms with van der Waals surface area (Å²) in [5.74, 6) is -0.541. The summed E-state index contributed by atoms with van der Waals surface area (Å²) in [5.41, 5.74) is -0.271. The molecule has 4 heteroatoms. The molecule has 0 saturated heterocycles. The van der Waals surface area contributed by atoms with Crippen LogP contribution in [0.25, 0.3) is 0 Å². The summed E-state index contributed by atoms with van der Waals surface area (Å²) in [6.45, 7) is 3.63. The molecule has 94 valence electrons. The molecule has 0 aliphatic carbocycles. The largest absolute Gasteiger partial charge is 0.298 e. The second-order valence-corrected chi connectivity index (χ2v) is 5.17. The minimum atomic E-state index is -0.616. The number of rotatable bonds is 4. The minimum absolute atomic E-state index is 0.0383. The summed E-state index contributed by atoms with van der Waals surface area (Å²) >= 11 is 5.68. The summed E-state index contributed by atoms with van der Waals surface area (Å²) in [6, 6.07) is 4.71. The fraction of sp³-hybridized carbons (Fsp3) is 0.462. The van der Waals surface area contributed by atoms with Crippen LogP contribution in [0.4, 0.5) is 4.39 Å². The first-order valence-corrected chi connectivity index (χ1v) is 5.78. The smallest absolute Gasteiger partial charge is 0.156 e. The van der Waals surface area contributed by atoms with E-state index in [2.05, 4.69) is 0 Å². The van der Waals surface area contributed by atoms with Crippen LogP contribution in [0.3, 0.4) is 0 Å². The molecule has 0 radical (unpaired) electrons. The van der Waals surface area contributed by atoms with Crippen molar-refractivity contribution in [1.29, 1.82) is 0 Å². The van der Waals surface area contributed by atoms with Gasteiger partial charge in [-0.05, 0) is 39.6 Å². The van der Waals surface area contributed by atoms with Gasteiger partial charge >= 0.3 is 0 Å². The van der Waals surface area contributed by atoms with Gasteiger partial charge in [0.05, 0.1) is 10.6 Å². The Labute approximate surface area is 106 Å². The second-order valence-electron chi connectivity index (χ2n) is 4.77. The van der Waals surface area contributed by atoms with Crippen LogP contribution in [0.1, 0.15) is 19.4 Å². The van der Waals surface area contributed by atoms with Crippen molar-refractivity contribution in [2.45, 2.75) is 25.8 Å². The van der Waals surface area contributed by atoms with Crippen molar-refractivity contribution in [1.82, 2.24) is 4.90 Å². The van der Waals surface area contributed by atoms with Crippen LogP contribution < -0.4 is 0 Å². The van der Waals surface area contributed by atoms with Gasteiger partial charge in [0.1, 0.15) is 5.82 Å². The van der Waals surface area contributed by atoms with Crippen LogP contribution in [-0.4, -0.2) is 30.3 Å². The number of Topliss-reactive ketones (excluding diaryl/α,β-unsaturated/α-hetero) is 1. The first-order chi connectivity index (χ1) is 7.76. The fourth-order valence-corrected chi connectivity index (χ4v) is 1.52. The van der Waals surface area contributed by atoms with Gasteiger partial charge in [-0.2, -0.15) is 0 Å². The third-order valence-electron chi connectivity index (χ3n) is 3.18. The van der Waals surface area contributed by atoms with Crippen LogP contribution in [0.2, 0.25) is 5.02 Å². The summed E-state index contributed by atoms with van der Waals surface area (Å²) in [5, 5.41) is 0.0537. The summed E-state index contributed by atoms with van der Waals surface area (Å²) in [6.07, 6.45) is 0.0531. The van der Waals surface area contributed by atoms with E-state index in [1.807, 2.05) is 32.8 Å². The van der Waals surface area contributed by atoms with Crippen LogP contribution >= 0.6 is 11.6 Å². The van der Waals surface area contributed by atoms with E-state index in [1.54, 1.807) is 12.1 Å². The maximum absolute atomic E-state index is 13.7. The molecular formula is C13H17ClFNO. The Kier molecular flexibility index (Phi) is 4.28. The van der Waals surface area contributed by atoms with Gasteiger partial charge in [0.25, 0.3) is 0 Å². The van der Waals surface area contributed by atoms with Crippen molar-refractivity contribution in [2.24, 2.45) is 0 Å². The summed E-state index contributed by atoms with van der Waals surface area (Å²) < 4.78 is 13.7. The lowest BCUT2D eigenvalue weighted by Gasteiger charge is -2.31. The number of hydrogen-bond donors (Lipinski definition) is 0. The van der Waals surface area contributed by atoms with E-state index in [0.717, 1.165) is 0 Å². The highest BCUT2D eigenvalue weighted by Gasteiger charge is 2.30. The van der Waals surface area contributed by atoms with E-state index in [0.29, 0.717) is 5.56 Å². The highest BCUT2D eigenvalue weighted by Crippen LogP contribution is 2.21. The lowest BCUT2D eigenvalue weighted by atomic mass is 9.92. The van der Waals surface area contributed by atoms with Crippen LogP contribution in [-0.2, 0) is 11.2 Å². The Bertz CT molecular complexity index is 429. The lowest BCUT2D eigenvalue weighted by molar-refractivity contribution is -0.127. The predicted octanol–water partition coefficient (Wildman–Crippen LogP) is 2.93. The molecule has 0 atom stereocenters. The van der Waals surface area contributed by atoms with Gasteiger partial charge in [0, 0.05) is 6.42 Å². The van der Waals surface area contributed by atoms with E-state index >= 15 is 0 Å². The fourth-order valence-electron chi connectivity index (χ4n) is 1.32. The zero-order chi connectivity index (χ0) is 13.2. The van der Waals surface area contributed by atoms with Crippen molar-refractivity contribution in [3.8, 4) is 0 Å². The molecule has 0 N–H and O–H groups in total. The quantitative estimate of drug-likeness (QED) is 0.827. The first kappa shape index (κ1) is 14.1. The van der Waals surface area contributed by atoms with E-state index < -0.39 is 11.4 Å². The molecule has 1 aromatic rings. The molecule has 0 fully saturated rings.